The molecular formula is C3H5Br2Na. The number of hydrogen-bond acceptors (Lipinski definition) is 0. The minimum absolute atomic E-state index is 0.726. The standard InChI is InChI=1S/C3H5Br2.Na/c1-3(5)2-4;/h3H,1-2H2;. The van der Waals surface area contributed by atoms with Crippen LogP contribution in [0.2, 0.25) is 3.67 Å². The molecule has 0 aliphatic carbocycles. The molecule has 3 heteroatoms. The van der Waals surface area contributed by atoms with Crippen LogP contribution in [0.1, 0.15) is 0 Å². The molecule has 0 fully saturated rings. The molecule has 0 aliphatic rings. The monoisotopic (exact) mass is 222 g/mol. The molecule has 0 radical (unpaired) electrons. The van der Waals surface area contributed by atoms with Gasteiger partial charge in [-0.2, -0.15) is 0 Å². The number of rotatable bonds is 2. The van der Waals surface area contributed by atoms with E-state index in [4.69, 9.17) is 0 Å². The second-order valence-electron chi connectivity index (χ2n) is 1.16. The Bertz CT molecular complexity index is 28.0. The van der Waals surface area contributed by atoms with Crippen molar-refractivity contribution in [2.45, 2.75) is 8.50 Å². The normalized spacial score (nSPS) is 14.7. The van der Waals surface area contributed by atoms with E-state index in [9.17, 15) is 0 Å². The van der Waals surface area contributed by atoms with E-state index in [1.807, 2.05) is 0 Å². The maximum absolute atomic E-state index is 3.46. The Kier molecular flexibility index (Phi) is 6.77. The Morgan fingerprint density at radius 2 is 2.17 bits per heavy atom. The molecule has 0 N–H and O–H groups in total. The van der Waals surface area contributed by atoms with Gasteiger partial charge in [-0.15, -0.1) is 0 Å². The van der Waals surface area contributed by atoms with Gasteiger partial charge in [-0.3, -0.25) is 0 Å². The van der Waals surface area contributed by atoms with Crippen LogP contribution in [0.5, 0.6) is 0 Å². The van der Waals surface area contributed by atoms with Crippen LogP contribution < -0.4 is 0 Å². The Morgan fingerprint density at radius 3 is 2.17 bits per heavy atom. The van der Waals surface area contributed by atoms with Crippen molar-refractivity contribution >= 4 is 59.8 Å². The molecule has 0 bridgehead atoms. The van der Waals surface area contributed by atoms with Gasteiger partial charge in [-0.1, -0.05) is 0 Å². The first-order valence-corrected chi connectivity index (χ1v) is 5.46. The summed E-state index contributed by atoms with van der Waals surface area (Å²) in [5.74, 6) is 0. The van der Waals surface area contributed by atoms with Gasteiger partial charge in [0.05, 0.1) is 0 Å². The average molecular weight is 224 g/mol. The average Bonchev–Trinajstić information content (AvgIpc) is 1.65. The van der Waals surface area contributed by atoms with E-state index >= 15 is 0 Å². The molecule has 0 saturated heterocycles. The molecule has 0 heterocycles. The molecule has 0 aliphatic heterocycles. The van der Waals surface area contributed by atoms with Gasteiger partial charge in [-0.25, -0.2) is 0 Å². The van der Waals surface area contributed by atoms with Crippen molar-refractivity contribution in [1.82, 2.24) is 0 Å². The Morgan fingerprint density at radius 1 is 1.67 bits per heavy atom. The zero-order chi connectivity index (χ0) is 4.99. The van der Waals surface area contributed by atoms with Gasteiger partial charge in [-0.05, 0) is 0 Å². The van der Waals surface area contributed by atoms with E-state index in [1.165, 1.54) is 31.6 Å². The summed E-state index contributed by atoms with van der Waals surface area (Å²) in [4.78, 5) is 0.726. The molecule has 0 aromatic carbocycles. The predicted molar refractivity (Wildman–Crippen MR) is 37.1 cm³/mol. The summed E-state index contributed by atoms with van der Waals surface area (Å²) in [6.45, 7) is 0. The summed E-state index contributed by atoms with van der Waals surface area (Å²) in [6.07, 6.45) is 0. The number of alkyl halides is 2. The minimum atomic E-state index is 0.726. The van der Waals surface area contributed by atoms with Crippen LogP contribution in [0.3, 0.4) is 0 Å². The first-order chi connectivity index (χ1) is 2.81. The molecule has 0 aromatic heterocycles. The van der Waals surface area contributed by atoms with Crippen LogP contribution >= 0.6 is 31.9 Å². The van der Waals surface area contributed by atoms with E-state index in [1.54, 1.807) is 0 Å². The SMILES string of the molecule is [Na][CH2]C(Br)CBr. The van der Waals surface area contributed by atoms with Gasteiger partial charge in [0, 0.05) is 0 Å². The summed E-state index contributed by atoms with van der Waals surface area (Å²) >= 11 is 8.12. The summed E-state index contributed by atoms with van der Waals surface area (Å²) in [5, 5.41) is 1.09. The molecule has 6 heavy (non-hydrogen) atoms. The first-order valence-electron chi connectivity index (χ1n) is 2.01. The van der Waals surface area contributed by atoms with E-state index in [0.717, 1.165) is 10.2 Å². The van der Waals surface area contributed by atoms with Crippen molar-refractivity contribution < 1.29 is 0 Å². The van der Waals surface area contributed by atoms with Crippen LogP contribution in [0.4, 0.5) is 0 Å². The summed E-state index contributed by atoms with van der Waals surface area (Å²) in [5.41, 5.74) is 0. The number of halogens is 2. The van der Waals surface area contributed by atoms with Crippen LogP contribution in [0.15, 0.2) is 0 Å². The van der Waals surface area contributed by atoms with Gasteiger partial charge in [0.1, 0.15) is 0 Å². The molecule has 0 nitrogen and oxygen atoms in total. The second-order valence-corrected chi connectivity index (χ2v) is 3.92. The summed E-state index contributed by atoms with van der Waals surface area (Å²) in [7, 11) is 0. The molecule has 1 atom stereocenters. The van der Waals surface area contributed by atoms with Crippen LogP contribution in [-0.4, -0.2) is 38.1 Å². The molecule has 0 saturated carbocycles. The van der Waals surface area contributed by atoms with Crippen LogP contribution in [0, 0.1) is 0 Å². The van der Waals surface area contributed by atoms with Crippen molar-refractivity contribution in [3.05, 3.63) is 0 Å². The fraction of sp³-hybridized carbons (Fsp3) is 1.00. The van der Waals surface area contributed by atoms with E-state index < -0.39 is 0 Å². The molecular weight excluding hydrogens is 219 g/mol. The van der Waals surface area contributed by atoms with Gasteiger partial charge >= 0.3 is 73.6 Å². The van der Waals surface area contributed by atoms with E-state index in [2.05, 4.69) is 31.9 Å². The third-order valence-corrected chi connectivity index (χ3v) is 5.41. The zero-order valence-electron chi connectivity index (χ0n) is 3.75. The van der Waals surface area contributed by atoms with Gasteiger partial charge in [0.2, 0.25) is 0 Å². The van der Waals surface area contributed by atoms with E-state index in [0.29, 0.717) is 0 Å². The number of hydrogen-bond donors (Lipinski definition) is 0. The molecule has 32 valence electrons. The van der Waals surface area contributed by atoms with Crippen LogP contribution in [0.25, 0.3) is 0 Å². The van der Waals surface area contributed by atoms with E-state index in [-0.39, 0.29) is 0 Å². The molecule has 1 unspecified atom stereocenters. The Hall–Kier alpha value is 1.96. The van der Waals surface area contributed by atoms with Crippen molar-refractivity contribution in [1.29, 1.82) is 0 Å². The topological polar surface area (TPSA) is 0 Å². The molecule has 0 amide bonds. The molecule has 0 spiro atoms. The predicted octanol–water partition coefficient (Wildman–Crippen LogP) is 1.73. The Labute approximate surface area is 72.7 Å². The fourth-order valence-corrected chi connectivity index (χ4v) is 1.70. The van der Waals surface area contributed by atoms with Crippen LogP contribution in [-0.2, 0) is 0 Å². The maximum atomic E-state index is 3.46. The van der Waals surface area contributed by atoms with Crippen molar-refractivity contribution in [2.24, 2.45) is 0 Å². The zero-order valence-corrected chi connectivity index (χ0v) is 8.92. The van der Waals surface area contributed by atoms with Gasteiger partial charge in [0.15, 0.2) is 0 Å². The fourth-order valence-electron chi connectivity index (χ4n) is 0.109. The second kappa shape index (κ2) is 5.10. The van der Waals surface area contributed by atoms with Gasteiger partial charge in [0.25, 0.3) is 0 Å². The third-order valence-electron chi connectivity index (χ3n) is 0.610. The van der Waals surface area contributed by atoms with Crippen molar-refractivity contribution in [3.8, 4) is 0 Å². The molecule has 0 aromatic rings. The quantitative estimate of drug-likeness (QED) is 0.494. The molecule has 0 rings (SSSR count). The third kappa shape index (κ3) is 4.13. The summed E-state index contributed by atoms with van der Waals surface area (Å²) in [6, 6.07) is 0. The van der Waals surface area contributed by atoms with Crippen molar-refractivity contribution in [2.75, 3.05) is 5.33 Å². The first kappa shape index (κ1) is 7.96. The Balaban J connectivity index is 2.75. The summed E-state index contributed by atoms with van der Waals surface area (Å²) < 4.78 is 1.34. The van der Waals surface area contributed by atoms with Crippen molar-refractivity contribution in [3.63, 3.8) is 0 Å². The van der Waals surface area contributed by atoms with Gasteiger partial charge < -0.3 is 0 Å².